The summed E-state index contributed by atoms with van der Waals surface area (Å²) >= 11 is 0. The molecule has 0 saturated heterocycles. The largest absolute Gasteiger partial charge is 0.382 e. The first-order valence-corrected chi connectivity index (χ1v) is 7.58. The third kappa shape index (κ3) is 12.7. The highest BCUT2D eigenvalue weighted by atomic mass is 16.6. The molecule has 1 unspecified atom stereocenters. The van der Waals surface area contributed by atoms with E-state index < -0.39 is 6.04 Å². The molecular formula is C15H29NO6. The van der Waals surface area contributed by atoms with Crippen molar-refractivity contribution in [1.29, 1.82) is 0 Å². The lowest BCUT2D eigenvalue weighted by Gasteiger charge is -2.16. The lowest BCUT2D eigenvalue weighted by atomic mass is 10.1. The fourth-order valence-corrected chi connectivity index (χ4v) is 1.46. The monoisotopic (exact) mass is 319 g/mol. The molecule has 0 saturated carbocycles. The molecule has 22 heavy (non-hydrogen) atoms. The minimum absolute atomic E-state index is 0.0851. The van der Waals surface area contributed by atoms with Crippen molar-refractivity contribution in [1.82, 2.24) is 5.32 Å². The second-order valence-electron chi connectivity index (χ2n) is 5.05. The van der Waals surface area contributed by atoms with Crippen LogP contribution in [0, 0.1) is 5.92 Å². The number of carbonyl (C=O) groups excluding carboxylic acids is 2. The molecule has 7 nitrogen and oxygen atoms in total. The Morgan fingerprint density at radius 3 is 1.91 bits per heavy atom. The molecule has 0 aromatic rings. The predicted octanol–water partition coefficient (Wildman–Crippen LogP) is 0.412. The first kappa shape index (κ1) is 21.0. The topological polar surface area (TPSA) is 83.1 Å². The third-order valence-electron chi connectivity index (χ3n) is 2.84. The van der Waals surface area contributed by atoms with Gasteiger partial charge >= 0.3 is 0 Å². The van der Waals surface area contributed by atoms with Crippen LogP contribution in [-0.2, 0) is 28.5 Å². The van der Waals surface area contributed by atoms with Crippen molar-refractivity contribution in [3.05, 3.63) is 0 Å². The summed E-state index contributed by atoms with van der Waals surface area (Å²) in [5.41, 5.74) is 0. The number of hydrogen-bond acceptors (Lipinski definition) is 6. The molecule has 1 amide bonds. The predicted molar refractivity (Wildman–Crippen MR) is 81.8 cm³/mol. The van der Waals surface area contributed by atoms with Gasteiger partial charge < -0.3 is 29.1 Å². The van der Waals surface area contributed by atoms with Crippen LogP contribution in [0.4, 0.5) is 0 Å². The molecule has 0 aromatic heterocycles. The number of ether oxygens (including phenoxy) is 4. The molecular weight excluding hydrogens is 290 g/mol. The van der Waals surface area contributed by atoms with Crippen LogP contribution in [0.15, 0.2) is 0 Å². The summed E-state index contributed by atoms with van der Waals surface area (Å²) in [5.74, 6) is -0.0971. The Morgan fingerprint density at radius 1 is 0.955 bits per heavy atom. The summed E-state index contributed by atoms with van der Waals surface area (Å²) in [5, 5.41) is 2.66. The SMILES string of the molecule is COCCOCCOCCOCCC(=O)NC(C=O)C(C)C. The average Bonchev–Trinajstić information content (AvgIpc) is 2.50. The van der Waals surface area contributed by atoms with E-state index in [0.29, 0.717) is 46.2 Å². The van der Waals surface area contributed by atoms with Gasteiger partial charge in [-0.15, -0.1) is 0 Å². The number of hydrogen-bond donors (Lipinski definition) is 1. The molecule has 1 N–H and O–H groups in total. The van der Waals surface area contributed by atoms with Crippen molar-refractivity contribution in [2.24, 2.45) is 5.92 Å². The summed E-state index contributed by atoms with van der Waals surface area (Å²) in [6.07, 6.45) is 0.989. The maximum Gasteiger partial charge on any atom is 0.222 e. The van der Waals surface area contributed by atoms with E-state index >= 15 is 0 Å². The minimum Gasteiger partial charge on any atom is -0.382 e. The molecule has 0 aliphatic carbocycles. The molecule has 0 aromatic carbocycles. The van der Waals surface area contributed by atoms with Gasteiger partial charge in [-0.3, -0.25) is 4.79 Å². The van der Waals surface area contributed by atoms with Crippen molar-refractivity contribution in [3.8, 4) is 0 Å². The normalized spacial score (nSPS) is 12.4. The first-order valence-electron chi connectivity index (χ1n) is 7.58. The van der Waals surface area contributed by atoms with Gasteiger partial charge in [-0.25, -0.2) is 0 Å². The molecule has 0 fully saturated rings. The highest BCUT2D eigenvalue weighted by molar-refractivity contribution is 5.79. The molecule has 7 heteroatoms. The van der Waals surface area contributed by atoms with Crippen molar-refractivity contribution < 1.29 is 28.5 Å². The summed E-state index contributed by atoms with van der Waals surface area (Å²) in [7, 11) is 1.62. The van der Waals surface area contributed by atoms with Gasteiger partial charge in [-0.05, 0) is 5.92 Å². The second kappa shape index (κ2) is 14.9. The number of rotatable bonds is 15. The zero-order valence-electron chi connectivity index (χ0n) is 13.8. The van der Waals surface area contributed by atoms with Crippen LogP contribution in [0.2, 0.25) is 0 Å². The number of methoxy groups -OCH3 is 1. The standard InChI is InChI=1S/C15H29NO6/c1-13(2)14(12-17)16-15(18)4-5-20-8-9-22-11-10-21-7-6-19-3/h12-14H,4-11H2,1-3H3,(H,16,18). The quantitative estimate of drug-likeness (QED) is 0.348. The van der Waals surface area contributed by atoms with Gasteiger partial charge in [0.1, 0.15) is 6.29 Å². The zero-order valence-corrected chi connectivity index (χ0v) is 13.8. The Balaban J connectivity index is 3.35. The van der Waals surface area contributed by atoms with Gasteiger partial charge in [0.15, 0.2) is 0 Å². The maximum absolute atomic E-state index is 11.6. The highest BCUT2D eigenvalue weighted by Gasteiger charge is 2.14. The third-order valence-corrected chi connectivity index (χ3v) is 2.84. The van der Waals surface area contributed by atoms with Crippen LogP contribution in [0.5, 0.6) is 0 Å². The van der Waals surface area contributed by atoms with Crippen molar-refractivity contribution in [2.45, 2.75) is 26.3 Å². The van der Waals surface area contributed by atoms with Gasteiger partial charge in [0, 0.05) is 13.5 Å². The Morgan fingerprint density at radius 2 is 1.45 bits per heavy atom. The molecule has 0 spiro atoms. The van der Waals surface area contributed by atoms with Crippen molar-refractivity contribution >= 4 is 12.2 Å². The average molecular weight is 319 g/mol. The fourth-order valence-electron chi connectivity index (χ4n) is 1.46. The van der Waals surface area contributed by atoms with E-state index in [-0.39, 0.29) is 18.2 Å². The number of carbonyl (C=O) groups is 2. The summed E-state index contributed by atoms with van der Waals surface area (Å²) in [4.78, 5) is 22.3. The van der Waals surface area contributed by atoms with Crippen LogP contribution in [-0.4, -0.2) is 71.6 Å². The van der Waals surface area contributed by atoms with Gasteiger partial charge in [0.05, 0.1) is 52.3 Å². The summed E-state index contributed by atoms with van der Waals surface area (Å²) < 4.78 is 20.7. The smallest absolute Gasteiger partial charge is 0.222 e. The van der Waals surface area contributed by atoms with E-state index in [1.54, 1.807) is 7.11 Å². The molecule has 0 bridgehead atoms. The zero-order chi connectivity index (χ0) is 16.6. The molecule has 0 heterocycles. The Bertz CT molecular complexity index is 285. The van der Waals surface area contributed by atoms with Crippen LogP contribution in [0.3, 0.4) is 0 Å². The van der Waals surface area contributed by atoms with Gasteiger partial charge in [-0.2, -0.15) is 0 Å². The van der Waals surface area contributed by atoms with Gasteiger partial charge in [0.2, 0.25) is 5.91 Å². The Kier molecular flexibility index (Phi) is 14.2. The van der Waals surface area contributed by atoms with Crippen LogP contribution in [0.25, 0.3) is 0 Å². The van der Waals surface area contributed by atoms with Crippen LogP contribution < -0.4 is 5.32 Å². The van der Waals surface area contributed by atoms with E-state index in [1.807, 2.05) is 13.8 Å². The van der Waals surface area contributed by atoms with Crippen LogP contribution in [0.1, 0.15) is 20.3 Å². The molecule has 0 aliphatic rings. The lowest BCUT2D eigenvalue weighted by Crippen LogP contribution is -2.40. The van der Waals surface area contributed by atoms with E-state index in [4.69, 9.17) is 18.9 Å². The molecule has 0 aliphatic heterocycles. The van der Waals surface area contributed by atoms with Gasteiger partial charge in [0.25, 0.3) is 0 Å². The van der Waals surface area contributed by atoms with E-state index in [1.165, 1.54) is 0 Å². The summed E-state index contributed by atoms with van der Waals surface area (Å²) in [6.45, 7) is 7.11. The molecule has 1 atom stereocenters. The fraction of sp³-hybridized carbons (Fsp3) is 0.867. The lowest BCUT2D eigenvalue weighted by molar-refractivity contribution is -0.125. The van der Waals surface area contributed by atoms with E-state index in [2.05, 4.69) is 5.32 Å². The summed E-state index contributed by atoms with van der Waals surface area (Å²) in [6, 6.07) is -0.436. The van der Waals surface area contributed by atoms with Crippen molar-refractivity contribution in [2.75, 3.05) is 53.4 Å². The maximum atomic E-state index is 11.6. The molecule has 0 radical (unpaired) electrons. The molecule has 130 valence electrons. The van der Waals surface area contributed by atoms with E-state index in [9.17, 15) is 9.59 Å². The minimum atomic E-state index is -0.436. The number of nitrogens with one attached hydrogen (secondary N) is 1. The Hall–Kier alpha value is -1.02. The first-order chi connectivity index (χ1) is 10.6. The van der Waals surface area contributed by atoms with Crippen LogP contribution >= 0.6 is 0 Å². The number of amides is 1. The second-order valence-corrected chi connectivity index (χ2v) is 5.05. The van der Waals surface area contributed by atoms with Crippen molar-refractivity contribution in [3.63, 3.8) is 0 Å². The molecule has 0 rings (SSSR count). The Labute approximate surface area is 132 Å². The van der Waals surface area contributed by atoms with Gasteiger partial charge in [-0.1, -0.05) is 13.8 Å². The highest BCUT2D eigenvalue weighted by Crippen LogP contribution is 1.98. The van der Waals surface area contributed by atoms with E-state index in [0.717, 1.165) is 6.29 Å². The number of aldehydes is 1.